The lowest BCUT2D eigenvalue weighted by Crippen LogP contribution is -2.31. The van der Waals surface area contributed by atoms with Gasteiger partial charge in [0.05, 0.1) is 13.2 Å². The zero-order valence-corrected chi connectivity index (χ0v) is 15.5. The lowest BCUT2D eigenvalue weighted by Gasteiger charge is -2.31. The van der Waals surface area contributed by atoms with E-state index >= 15 is 0 Å². The number of benzene rings is 2. The van der Waals surface area contributed by atoms with Crippen LogP contribution in [0.25, 0.3) is 0 Å². The number of hydrogen-bond donors (Lipinski definition) is 1. The summed E-state index contributed by atoms with van der Waals surface area (Å²) in [6.45, 7) is 1.19. The minimum absolute atomic E-state index is 0. The molecule has 0 amide bonds. The Hall–Kier alpha value is -1.95. The van der Waals surface area contributed by atoms with Crippen molar-refractivity contribution in [3.8, 4) is 0 Å². The number of halogens is 2. The van der Waals surface area contributed by atoms with E-state index < -0.39 is 11.6 Å². The Bertz CT molecular complexity index is 753. The van der Waals surface area contributed by atoms with Gasteiger partial charge in [0.15, 0.2) is 0 Å². The van der Waals surface area contributed by atoms with Crippen molar-refractivity contribution in [3.63, 3.8) is 0 Å². The predicted octanol–water partition coefficient (Wildman–Crippen LogP) is 3.82. The topological polar surface area (TPSA) is 49.8 Å². The lowest BCUT2D eigenvalue weighted by atomic mass is 9.82. The summed E-state index contributed by atoms with van der Waals surface area (Å²) in [5.41, 5.74) is 2.59. The number of hydrogen-bond acceptors (Lipinski definition) is 3. The normalized spacial score (nSPS) is 18.4. The Morgan fingerprint density at radius 3 is 2.62 bits per heavy atom. The summed E-state index contributed by atoms with van der Waals surface area (Å²) >= 11 is 0. The van der Waals surface area contributed by atoms with E-state index in [0.717, 1.165) is 23.1 Å². The van der Waals surface area contributed by atoms with Crippen molar-refractivity contribution in [2.45, 2.75) is 25.0 Å². The zero-order chi connectivity index (χ0) is 17.9. The molecule has 1 aliphatic rings. The largest absolute Gasteiger partial charge is 0.480 e. The van der Waals surface area contributed by atoms with Gasteiger partial charge in [0.2, 0.25) is 0 Å². The molecule has 2 aromatic rings. The predicted molar refractivity (Wildman–Crippen MR) is 100 cm³/mol. The van der Waals surface area contributed by atoms with E-state index in [9.17, 15) is 9.18 Å². The molecular formula is C20H23ClFNO3. The molecule has 0 saturated carbocycles. The summed E-state index contributed by atoms with van der Waals surface area (Å²) < 4.78 is 19.6. The van der Waals surface area contributed by atoms with Crippen molar-refractivity contribution >= 4 is 18.4 Å². The first-order valence-corrected chi connectivity index (χ1v) is 8.40. The molecule has 0 bridgehead atoms. The molecule has 4 nitrogen and oxygen atoms in total. The molecule has 1 atom stereocenters. The van der Waals surface area contributed by atoms with E-state index in [4.69, 9.17) is 9.84 Å². The van der Waals surface area contributed by atoms with Gasteiger partial charge in [0.1, 0.15) is 11.4 Å². The minimum Gasteiger partial charge on any atom is -0.480 e. The molecule has 1 unspecified atom stereocenters. The molecule has 26 heavy (non-hydrogen) atoms. The number of carboxylic acids is 1. The van der Waals surface area contributed by atoms with Crippen LogP contribution >= 0.6 is 12.4 Å². The van der Waals surface area contributed by atoms with Crippen LogP contribution in [0.1, 0.15) is 29.5 Å². The molecular weight excluding hydrogens is 357 g/mol. The van der Waals surface area contributed by atoms with Gasteiger partial charge in [-0.1, -0.05) is 36.4 Å². The first-order valence-electron chi connectivity index (χ1n) is 8.40. The maximum atomic E-state index is 13.4. The molecule has 1 aliphatic heterocycles. The summed E-state index contributed by atoms with van der Waals surface area (Å²) in [6.07, 6.45) is 1.48. The van der Waals surface area contributed by atoms with Crippen LogP contribution in [-0.4, -0.2) is 36.1 Å². The quantitative estimate of drug-likeness (QED) is 0.794. The van der Waals surface area contributed by atoms with E-state index in [-0.39, 0.29) is 24.8 Å². The minimum atomic E-state index is -0.835. The fourth-order valence-corrected chi connectivity index (χ4v) is 3.54. The van der Waals surface area contributed by atoms with Crippen molar-refractivity contribution < 1.29 is 19.0 Å². The average Bonchev–Trinajstić information content (AvgIpc) is 2.95. The average molecular weight is 380 g/mol. The van der Waals surface area contributed by atoms with Crippen molar-refractivity contribution in [3.05, 3.63) is 71.0 Å². The standard InChI is InChI=1S/C20H22FNO3.ClH/c1-22(13-19(23)24)12-4-11-20(16-7-9-17(21)10-8-16)18-6-3-2-5-15(18)14-25-20;/h2-3,5-10H,4,11-14H2,1H3,(H,23,24);1H. The van der Waals surface area contributed by atoms with E-state index in [1.165, 1.54) is 12.1 Å². The number of carboxylic acid groups (broad SMARTS) is 1. The van der Waals surface area contributed by atoms with E-state index in [0.29, 0.717) is 19.6 Å². The van der Waals surface area contributed by atoms with Crippen LogP contribution < -0.4 is 0 Å². The number of carbonyl (C=O) groups is 1. The van der Waals surface area contributed by atoms with Crippen LogP contribution in [0.4, 0.5) is 4.39 Å². The molecule has 0 radical (unpaired) electrons. The fraction of sp³-hybridized carbons (Fsp3) is 0.350. The van der Waals surface area contributed by atoms with E-state index in [2.05, 4.69) is 12.1 Å². The first-order chi connectivity index (χ1) is 12.0. The number of aliphatic carboxylic acids is 1. The van der Waals surface area contributed by atoms with Gasteiger partial charge in [0.25, 0.3) is 0 Å². The molecule has 140 valence electrons. The van der Waals surface area contributed by atoms with Crippen molar-refractivity contribution in [2.24, 2.45) is 0 Å². The Kier molecular flexibility index (Phi) is 6.75. The molecule has 1 N–H and O–H groups in total. The van der Waals surface area contributed by atoms with Gasteiger partial charge in [-0.2, -0.15) is 0 Å². The van der Waals surface area contributed by atoms with Gasteiger partial charge in [-0.15, -0.1) is 12.4 Å². The number of fused-ring (bicyclic) bond motifs is 1. The van der Waals surface area contributed by atoms with Gasteiger partial charge < -0.3 is 9.84 Å². The summed E-state index contributed by atoms with van der Waals surface area (Å²) in [6, 6.07) is 14.6. The highest BCUT2D eigenvalue weighted by molar-refractivity contribution is 5.85. The Morgan fingerprint density at radius 2 is 1.92 bits per heavy atom. The Morgan fingerprint density at radius 1 is 1.23 bits per heavy atom. The second-order valence-corrected chi connectivity index (χ2v) is 6.51. The van der Waals surface area contributed by atoms with Gasteiger partial charge in [-0.25, -0.2) is 4.39 Å². The summed E-state index contributed by atoms with van der Waals surface area (Å²) in [5, 5.41) is 8.88. The van der Waals surface area contributed by atoms with Crippen molar-refractivity contribution in [1.29, 1.82) is 0 Å². The maximum Gasteiger partial charge on any atom is 0.317 e. The van der Waals surface area contributed by atoms with Crippen LogP contribution in [-0.2, 0) is 21.7 Å². The van der Waals surface area contributed by atoms with Crippen molar-refractivity contribution in [1.82, 2.24) is 4.90 Å². The van der Waals surface area contributed by atoms with Gasteiger partial charge in [-0.05, 0) is 55.3 Å². The SMILES string of the molecule is CN(CCCC1(c2ccc(F)cc2)OCc2ccccc21)CC(=O)O.Cl. The second kappa shape index (κ2) is 8.62. The Balaban J connectivity index is 0.00000243. The molecule has 0 saturated heterocycles. The monoisotopic (exact) mass is 379 g/mol. The first kappa shape index (κ1) is 20.4. The third-order valence-corrected chi connectivity index (χ3v) is 4.71. The van der Waals surface area contributed by atoms with Crippen LogP contribution in [0, 0.1) is 5.82 Å². The van der Waals surface area contributed by atoms with Gasteiger partial charge in [0, 0.05) is 0 Å². The molecule has 0 spiro atoms. The third-order valence-electron chi connectivity index (χ3n) is 4.71. The maximum absolute atomic E-state index is 13.4. The number of nitrogens with zero attached hydrogens (tertiary/aromatic N) is 1. The molecule has 0 aliphatic carbocycles. The molecule has 3 rings (SSSR count). The lowest BCUT2D eigenvalue weighted by molar-refractivity contribution is -0.138. The molecule has 0 aromatic heterocycles. The second-order valence-electron chi connectivity index (χ2n) is 6.51. The summed E-state index contributed by atoms with van der Waals surface area (Å²) in [7, 11) is 1.79. The fourth-order valence-electron chi connectivity index (χ4n) is 3.54. The third kappa shape index (κ3) is 4.23. The molecule has 0 fully saturated rings. The van der Waals surface area contributed by atoms with E-state index in [1.54, 1.807) is 24.1 Å². The van der Waals surface area contributed by atoms with Crippen LogP contribution in [0.2, 0.25) is 0 Å². The Labute approximate surface area is 159 Å². The summed E-state index contributed by atoms with van der Waals surface area (Å²) in [4.78, 5) is 12.6. The van der Waals surface area contributed by atoms with Crippen LogP contribution in [0.3, 0.4) is 0 Å². The van der Waals surface area contributed by atoms with Gasteiger partial charge >= 0.3 is 5.97 Å². The highest BCUT2D eigenvalue weighted by Gasteiger charge is 2.41. The van der Waals surface area contributed by atoms with Crippen LogP contribution in [0.5, 0.6) is 0 Å². The highest BCUT2D eigenvalue weighted by Crippen LogP contribution is 2.45. The smallest absolute Gasteiger partial charge is 0.317 e. The number of ether oxygens (including phenoxy) is 1. The summed E-state index contributed by atoms with van der Waals surface area (Å²) in [5.74, 6) is -1.11. The van der Waals surface area contributed by atoms with Crippen LogP contribution in [0.15, 0.2) is 48.5 Å². The number of rotatable bonds is 7. The van der Waals surface area contributed by atoms with Crippen molar-refractivity contribution in [2.75, 3.05) is 20.1 Å². The van der Waals surface area contributed by atoms with Gasteiger partial charge in [-0.3, -0.25) is 9.69 Å². The number of likely N-dealkylation sites (N-methyl/N-ethyl adjacent to an activating group) is 1. The molecule has 1 heterocycles. The van der Waals surface area contributed by atoms with E-state index in [1.807, 2.05) is 12.1 Å². The zero-order valence-electron chi connectivity index (χ0n) is 14.7. The highest BCUT2D eigenvalue weighted by atomic mass is 35.5. The molecule has 6 heteroatoms. The molecule has 2 aromatic carbocycles.